The molecule has 1 atom stereocenters. The summed E-state index contributed by atoms with van der Waals surface area (Å²) in [5.74, 6) is 1.82. The largest absolute Gasteiger partial charge is 0.411 e. The van der Waals surface area contributed by atoms with E-state index in [1.54, 1.807) is 0 Å². The average Bonchev–Trinajstić information content (AvgIpc) is 1.98. The summed E-state index contributed by atoms with van der Waals surface area (Å²) in [6.45, 7) is 8.52. The van der Waals surface area contributed by atoms with E-state index in [0.29, 0.717) is 0 Å². The van der Waals surface area contributed by atoms with Crippen molar-refractivity contribution in [2.24, 2.45) is 0 Å². The molecule has 0 radical (unpaired) electrons. The number of rotatable bonds is 6. The maximum atomic E-state index is 10.2. The summed E-state index contributed by atoms with van der Waals surface area (Å²) in [5.41, 5.74) is 0. The van der Waals surface area contributed by atoms with Crippen LogP contribution in [0.1, 0.15) is 26.2 Å². The lowest BCUT2D eigenvalue weighted by molar-refractivity contribution is 0.228. The second kappa shape index (κ2) is 6.14. The Morgan fingerprint density at radius 2 is 2.08 bits per heavy atom. The predicted molar refractivity (Wildman–Crippen MR) is 58.0 cm³/mol. The second-order valence-electron chi connectivity index (χ2n) is 4.20. The summed E-state index contributed by atoms with van der Waals surface area (Å²) in [4.78, 5) is 10.2. The normalized spacial score (nSPS) is 13.5. The molecule has 0 fully saturated rings. The SMILES string of the molecule is CCCCC(C=C=O)O[Si](C)(C)C. The molecule has 0 aliphatic heterocycles. The predicted octanol–water partition coefficient (Wildman–Crippen LogP) is 2.78. The molecule has 0 aromatic carbocycles. The summed E-state index contributed by atoms with van der Waals surface area (Å²) in [7, 11) is -1.52. The Balaban J connectivity index is 4.02. The molecule has 0 N–H and O–H groups in total. The van der Waals surface area contributed by atoms with E-state index in [9.17, 15) is 4.79 Å². The van der Waals surface area contributed by atoms with Crippen LogP contribution in [0.3, 0.4) is 0 Å². The van der Waals surface area contributed by atoms with Crippen LogP contribution in [0.15, 0.2) is 6.08 Å². The molecular formula is C10H20O2Si. The zero-order chi connectivity index (χ0) is 10.3. The fourth-order valence-electron chi connectivity index (χ4n) is 1.11. The van der Waals surface area contributed by atoms with E-state index in [2.05, 4.69) is 26.6 Å². The molecule has 0 aliphatic rings. The molecule has 0 aromatic rings. The lowest BCUT2D eigenvalue weighted by atomic mass is 10.2. The smallest absolute Gasteiger partial charge is 0.184 e. The van der Waals surface area contributed by atoms with Gasteiger partial charge in [-0.15, -0.1) is 0 Å². The van der Waals surface area contributed by atoms with Gasteiger partial charge in [-0.3, -0.25) is 0 Å². The number of unbranched alkanes of at least 4 members (excludes halogenated alkanes) is 1. The van der Waals surface area contributed by atoms with Crippen molar-refractivity contribution in [1.82, 2.24) is 0 Å². The van der Waals surface area contributed by atoms with Gasteiger partial charge in [0.1, 0.15) is 5.94 Å². The first-order chi connectivity index (χ1) is 5.99. The van der Waals surface area contributed by atoms with Crippen LogP contribution in [0, 0.1) is 0 Å². The van der Waals surface area contributed by atoms with Crippen molar-refractivity contribution in [2.75, 3.05) is 0 Å². The zero-order valence-corrected chi connectivity index (χ0v) is 10.1. The minimum absolute atomic E-state index is 0.0101. The molecule has 0 amide bonds. The van der Waals surface area contributed by atoms with E-state index in [4.69, 9.17) is 4.43 Å². The highest BCUT2D eigenvalue weighted by atomic mass is 28.4. The third-order valence-electron chi connectivity index (χ3n) is 1.60. The minimum atomic E-state index is -1.52. The number of carbonyl (C=O) groups excluding carboxylic acids is 1. The summed E-state index contributed by atoms with van der Waals surface area (Å²) in [6, 6.07) is 0. The molecule has 0 heterocycles. The molecular weight excluding hydrogens is 180 g/mol. The first-order valence-corrected chi connectivity index (χ1v) is 8.29. The standard InChI is InChI=1S/C10H20O2Si/c1-5-6-7-10(8-9-11)12-13(2,3)4/h8,10H,5-7H2,1-4H3. The van der Waals surface area contributed by atoms with Gasteiger partial charge in [-0.05, 0) is 26.1 Å². The number of hydrogen-bond donors (Lipinski definition) is 0. The molecule has 0 rings (SSSR count). The first-order valence-electron chi connectivity index (χ1n) is 4.88. The van der Waals surface area contributed by atoms with Crippen LogP contribution in [0.2, 0.25) is 19.6 Å². The van der Waals surface area contributed by atoms with E-state index in [1.165, 1.54) is 6.08 Å². The molecule has 0 saturated carbocycles. The highest BCUT2D eigenvalue weighted by Crippen LogP contribution is 2.12. The van der Waals surface area contributed by atoms with Crippen LogP contribution < -0.4 is 0 Å². The van der Waals surface area contributed by atoms with Crippen molar-refractivity contribution in [3.05, 3.63) is 6.08 Å². The van der Waals surface area contributed by atoms with E-state index >= 15 is 0 Å². The third kappa shape index (κ3) is 7.97. The van der Waals surface area contributed by atoms with Gasteiger partial charge in [-0.25, -0.2) is 4.79 Å². The van der Waals surface area contributed by atoms with E-state index < -0.39 is 8.32 Å². The first kappa shape index (κ1) is 12.6. The molecule has 0 saturated heterocycles. The van der Waals surface area contributed by atoms with Crippen LogP contribution in [-0.2, 0) is 9.22 Å². The van der Waals surface area contributed by atoms with Gasteiger partial charge >= 0.3 is 0 Å². The quantitative estimate of drug-likeness (QED) is 0.487. The van der Waals surface area contributed by atoms with Crippen LogP contribution in [0.4, 0.5) is 0 Å². The molecule has 0 spiro atoms. The van der Waals surface area contributed by atoms with Crippen molar-refractivity contribution in [3.8, 4) is 0 Å². The Labute approximate surface area is 82.1 Å². The molecule has 2 nitrogen and oxygen atoms in total. The van der Waals surface area contributed by atoms with Gasteiger partial charge in [0.25, 0.3) is 0 Å². The topological polar surface area (TPSA) is 26.3 Å². The minimum Gasteiger partial charge on any atom is -0.411 e. The van der Waals surface area contributed by atoms with Crippen LogP contribution in [0.5, 0.6) is 0 Å². The lowest BCUT2D eigenvalue weighted by Gasteiger charge is -2.23. The van der Waals surface area contributed by atoms with Crippen molar-refractivity contribution in [1.29, 1.82) is 0 Å². The summed E-state index contributed by atoms with van der Waals surface area (Å²) in [6.07, 6.45) is 4.68. The lowest BCUT2D eigenvalue weighted by Crippen LogP contribution is -2.31. The van der Waals surface area contributed by atoms with Gasteiger partial charge in [0.2, 0.25) is 0 Å². The fraction of sp³-hybridized carbons (Fsp3) is 0.800. The Hall–Kier alpha value is -0.373. The highest BCUT2D eigenvalue weighted by Gasteiger charge is 2.19. The van der Waals surface area contributed by atoms with E-state index in [-0.39, 0.29) is 6.10 Å². The molecule has 1 unspecified atom stereocenters. The van der Waals surface area contributed by atoms with E-state index in [1.807, 2.05) is 5.94 Å². The highest BCUT2D eigenvalue weighted by molar-refractivity contribution is 6.69. The van der Waals surface area contributed by atoms with Crippen molar-refractivity contribution in [3.63, 3.8) is 0 Å². The Kier molecular flexibility index (Phi) is 5.96. The van der Waals surface area contributed by atoms with Gasteiger partial charge in [0.15, 0.2) is 8.32 Å². The molecule has 0 aromatic heterocycles. The van der Waals surface area contributed by atoms with Gasteiger partial charge in [0, 0.05) is 6.08 Å². The molecule has 13 heavy (non-hydrogen) atoms. The number of hydrogen-bond acceptors (Lipinski definition) is 2. The monoisotopic (exact) mass is 200 g/mol. The maximum Gasteiger partial charge on any atom is 0.184 e. The van der Waals surface area contributed by atoms with Gasteiger partial charge in [0.05, 0.1) is 6.10 Å². The molecule has 76 valence electrons. The second-order valence-corrected chi connectivity index (χ2v) is 8.66. The zero-order valence-electron chi connectivity index (χ0n) is 9.09. The Morgan fingerprint density at radius 1 is 1.46 bits per heavy atom. The third-order valence-corrected chi connectivity index (χ3v) is 2.61. The molecule has 3 heteroatoms. The van der Waals surface area contributed by atoms with E-state index in [0.717, 1.165) is 19.3 Å². The Morgan fingerprint density at radius 3 is 2.46 bits per heavy atom. The van der Waals surface area contributed by atoms with Crippen LogP contribution in [0.25, 0.3) is 0 Å². The summed E-state index contributed by atoms with van der Waals surface area (Å²) in [5, 5.41) is 0. The van der Waals surface area contributed by atoms with Crippen molar-refractivity contribution in [2.45, 2.75) is 51.9 Å². The Bertz CT molecular complexity index is 178. The van der Waals surface area contributed by atoms with Crippen LogP contribution in [-0.4, -0.2) is 20.4 Å². The molecule has 0 aliphatic carbocycles. The fourth-order valence-corrected chi connectivity index (χ4v) is 2.21. The van der Waals surface area contributed by atoms with Gasteiger partial charge < -0.3 is 4.43 Å². The summed E-state index contributed by atoms with van der Waals surface area (Å²) >= 11 is 0. The van der Waals surface area contributed by atoms with Crippen LogP contribution >= 0.6 is 0 Å². The average molecular weight is 200 g/mol. The maximum absolute atomic E-state index is 10.2. The van der Waals surface area contributed by atoms with Crippen molar-refractivity contribution >= 4 is 14.3 Å². The van der Waals surface area contributed by atoms with Crippen molar-refractivity contribution < 1.29 is 9.22 Å². The summed E-state index contributed by atoms with van der Waals surface area (Å²) < 4.78 is 5.80. The van der Waals surface area contributed by atoms with Gasteiger partial charge in [-0.1, -0.05) is 19.8 Å². The molecule has 0 bridgehead atoms. The van der Waals surface area contributed by atoms with Gasteiger partial charge in [-0.2, -0.15) is 0 Å².